The minimum absolute atomic E-state index is 0.256. The van der Waals surface area contributed by atoms with Gasteiger partial charge in [0.2, 0.25) is 0 Å². The van der Waals surface area contributed by atoms with Crippen LogP contribution in [-0.2, 0) is 14.3 Å². The summed E-state index contributed by atoms with van der Waals surface area (Å²) in [6.45, 7) is 2.85. The van der Waals surface area contributed by atoms with E-state index in [1.165, 1.54) is 7.05 Å². The highest BCUT2D eigenvalue weighted by Gasteiger charge is 2.26. The van der Waals surface area contributed by atoms with Gasteiger partial charge >= 0.3 is 12.0 Å². The molecule has 0 heterocycles. The Hall–Kier alpha value is -2.42. The van der Waals surface area contributed by atoms with Gasteiger partial charge in [-0.15, -0.1) is 0 Å². The van der Waals surface area contributed by atoms with Crippen LogP contribution in [0.1, 0.15) is 24.2 Å². The molecule has 1 aromatic carbocycles. The van der Waals surface area contributed by atoms with Gasteiger partial charge in [-0.2, -0.15) is 0 Å². The van der Waals surface area contributed by atoms with Crippen LogP contribution in [0.2, 0.25) is 0 Å². The fraction of sp³-hybridized carbons (Fsp3) is 0.375. The molecule has 3 N–H and O–H groups in total. The highest BCUT2D eigenvalue weighted by atomic mass is 79.9. The molecule has 0 saturated heterocycles. The summed E-state index contributed by atoms with van der Waals surface area (Å²) in [5.41, 5.74) is 0.388. The molecule has 9 heteroatoms. The first kappa shape index (κ1) is 20.6. The molecule has 1 atom stereocenters. The molecule has 25 heavy (non-hydrogen) atoms. The molecule has 0 aliphatic carbocycles. The largest absolute Gasteiger partial charge is 0.454 e. The number of nitrogens with one attached hydrogen (secondary N) is 3. The van der Waals surface area contributed by atoms with Gasteiger partial charge in [-0.1, -0.05) is 29.8 Å². The number of urea groups is 1. The number of halogens is 1. The van der Waals surface area contributed by atoms with Crippen molar-refractivity contribution in [3.63, 3.8) is 0 Å². The minimum Gasteiger partial charge on any atom is -0.454 e. The zero-order valence-electron chi connectivity index (χ0n) is 14.1. The molecular formula is C16H20BrN3O5. The number of hydrogen-bond donors (Lipinski definition) is 3. The van der Waals surface area contributed by atoms with Crippen molar-refractivity contribution >= 4 is 39.7 Å². The Morgan fingerprint density at radius 2 is 1.72 bits per heavy atom. The third-order valence-electron chi connectivity index (χ3n) is 3.14. The number of carbonyl (C=O) groups is 4. The van der Waals surface area contributed by atoms with Crippen LogP contribution in [0.15, 0.2) is 28.7 Å². The number of imide groups is 1. The number of ether oxygens (including phenoxy) is 1. The molecule has 0 aromatic heterocycles. The molecule has 0 saturated carbocycles. The number of amides is 4. The van der Waals surface area contributed by atoms with Crippen molar-refractivity contribution in [1.82, 2.24) is 16.0 Å². The second-order valence-corrected chi connectivity index (χ2v) is 6.35. The van der Waals surface area contributed by atoms with Crippen LogP contribution in [0.25, 0.3) is 0 Å². The van der Waals surface area contributed by atoms with Crippen molar-refractivity contribution in [2.75, 3.05) is 13.7 Å². The van der Waals surface area contributed by atoms with Crippen molar-refractivity contribution in [2.45, 2.75) is 19.9 Å². The van der Waals surface area contributed by atoms with E-state index in [-0.39, 0.29) is 5.92 Å². The molecule has 1 aromatic rings. The van der Waals surface area contributed by atoms with Gasteiger partial charge in [-0.25, -0.2) is 9.59 Å². The summed E-state index contributed by atoms with van der Waals surface area (Å²) in [4.78, 5) is 46.8. The molecule has 4 amide bonds. The fourth-order valence-electron chi connectivity index (χ4n) is 1.78. The lowest BCUT2D eigenvalue weighted by molar-refractivity contribution is -0.151. The summed E-state index contributed by atoms with van der Waals surface area (Å²) in [7, 11) is 1.35. The molecule has 0 aliphatic rings. The van der Waals surface area contributed by atoms with Gasteiger partial charge in [-0.05, 0) is 30.2 Å². The smallest absolute Gasteiger partial charge is 0.329 e. The van der Waals surface area contributed by atoms with Crippen LogP contribution in [0.5, 0.6) is 0 Å². The second-order valence-electron chi connectivity index (χ2n) is 5.44. The summed E-state index contributed by atoms with van der Waals surface area (Å²) in [6, 6.07) is 5.01. The lowest BCUT2D eigenvalue weighted by Crippen LogP contribution is -2.46. The maximum absolute atomic E-state index is 12.2. The average Bonchev–Trinajstić information content (AvgIpc) is 2.57. The van der Waals surface area contributed by atoms with Crippen LogP contribution in [0.4, 0.5) is 4.79 Å². The van der Waals surface area contributed by atoms with Crippen molar-refractivity contribution in [3.05, 3.63) is 34.3 Å². The Morgan fingerprint density at radius 3 is 2.24 bits per heavy atom. The molecule has 0 spiro atoms. The van der Waals surface area contributed by atoms with E-state index < -0.39 is 36.5 Å². The summed E-state index contributed by atoms with van der Waals surface area (Å²) >= 11 is 3.28. The van der Waals surface area contributed by atoms with Crippen molar-refractivity contribution in [2.24, 2.45) is 5.92 Å². The van der Waals surface area contributed by atoms with E-state index in [0.717, 1.165) is 4.47 Å². The minimum atomic E-state index is -0.927. The maximum Gasteiger partial charge on any atom is 0.329 e. The Balaban J connectivity index is 2.64. The number of hydrogen-bond acceptors (Lipinski definition) is 5. The number of rotatable bonds is 6. The van der Waals surface area contributed by atoms with Crippen molar-refractivity contribution in [3.8, 4) is 0 Å². The Morgan fingerprint density at radius 1 is 1.12 bits per heavy atom. The molecule has 136 valence electrons. The lowest BCUT2D eigenvalue weighted by Gasteiger charge is -2.20. The van der Waals surface area contributed by atoms with Gasteiger partial charge in [0.1, 0.15) is 6.04 Å². The first-order chi connectivity index (χ1) is 11.7. The molecule has 0 bridgehead atoms. The zero-order chi connectivity index (χ0) is 19.0. The predicted octanol–water partition coefficient (Wildman–Crippen LogP) is 1.20. The van der Waals surface area contributed by atoms with Crippen molar-refractivity contribution < 1.29 is 23.9 Å². The summed E-state index contributed by atoms with van der Waals surface area (Å²) in [5, 5.41) is 6.76. The Labute approximate surface area is 153 Å². The monoisotopic (exact) mass is 413 g/mol. The third-order valence-corrected chi connectivity index (χ3v) is 3.67. The molecule has 8 nitrogen and oxygen atoms in total. The van der Waals surface area contributed by atoms with E-state index in [9.17, 15) is 19.2 Å². The predicted molar refractivity (Wildman–Crippen MR) is 93.8 cm³/mol. The first-order valence-corrected chi connectivity index (χ1v) is 8.28. The van der Waals surface area contributed by atoms with Crippen LogP contribution in [-0.4, -0.2) is 43.5 Å². The summed E-state index contributed by atoms with van der Waals surface area (Å²) < 4.78 is 5.70. The first-order valence-electron chi connectivity index (χ1n) is 7.49. The quantitative estimate of drug-likeness (QED) is 0.606. The molecule has 0 unspecified atom stereocenters. The SMILES string of the molecule is CNC(=O)NC(=O)COC(=O)[C@@H](NC(=O)c1ccc(Br)cc1)C(C)C. The standard InChI is InChI=1S/C16H20BrN3O5/c1-9(2)13(15(23)25-8-12(21)19-16(24)18-3)20-14(22)10-4-6-11(17)7-5-10/h4-7,9,13H,8H2,1-3H3,(H,20,22)(H2,18,19,21,24)/t13-/m0/s1. The molecule has 1 rings (SSSR count). The third kappa shape index (κ3) is 6.92. The molecular weight excluding hydrogens is 394 g/mol. The lowest BCUT2D eigenvalue weighted by atomic mass is 10.0. The van der Waals surface area contributed by atoms with Crippen LogP contribution in [0, 0.1) is 5.92 Å². The van der Waals surface area contributed by atoms with E-state index in [1.54, 1.807) is 38.1 Å². The zero-order valence-corrected chi connectivity index (χ0v) is 15.7. The van der Waals surface area contributed by atoms with Gasteiger partial charge < -0.3 is 15.4 Å². The fourth-order valence-corrected chi connectivity index (χ4v) is 2.04. The number of carbonyl (C=O) groups excluding carboxylic acids is 4. The van der Waals surface area contributed by atoms with Crippen molar-refractivity contribution in [1.29, 1.82) is 0 Å². The van der Waals surface area contributed by atoms with Crippen LogP contribution in [0.3, 0.4) is 0 Å². The number of esters is 1. The van der Waals surface area contributed by atoms with Gasteiger partial charge in [0.05, 0.1) is 0 Å². The van der Waals surface area contributed by atoms with Gasteiger partial charge in [-0.3, -0.25) is 14.9 Å². The maximum atomic E-state index is 12.2. The Bertz CT molecular complexity index is 646. The van der Waals surface area contributed by atoms with E-state index in [1.807, 2.05) is 5.32 Å². The second kappa shape index (κ2) is 9.77. The van der Waals surface area contributed by atoms with Gasteiger partial charge in [0.25, 0.3) is 11.8 Å². The molecule has 0 radical (unpaired) electrons. The van der Waals surface area contributed by atoms with Gasteiger partial charge in [0.15, 0.2) is 6.61 Å². The Kier molecular flexibility index (Phi) is 8.06. The van der Waals surface area contributed by atoms with E-state index in [2.05, 4.69) is 26.6 Å². The van der Waals surface area contributed by atoms with Gasteiger partial charge in [0, 0.05) is 17.1 Å². The number of benzene rings is 1. The highest BCUT2D eigenvalue weighted by Crippen LogP contribution is 2.12. The van der Waals surface area contributed by atoms with E-state index in [4.69, 9.17) is 4.74 Å². The summed E-state index contributed by atoms with van der Waals surface area (Å²) in [6.07, 6.45) is 0. The molecule has 0 aliphatic heterocycles. The summed E-state index contributed by atoms with van der Waals surface area (Å²) in [5.74, 6) is -2.21. The average molecular weight is 414 g/mol. The highest BCUT2D eigenvalue weighted by molar-refractivity contribution is 9.10. The van der Waals surface area contributed by atoms with E-state index in [0.29, 0.717) is 5.56 Å². The molecule has 0 fully saturated rings. The normalized spacial score (nSPS) is 11.4. The van der Waals surface area contributed by atoms with Crippen LogP contribution < -0.4 is 16.0 Å². The van der Waals surface area contributed by atoms with Crippen LogP contribution >= 0.6 is 15.9 Å². The topological polar surface area (TPSA) is 114 Å². The van der Waals surface area contributed by atoms with E-state index >= 15 is 0 Å².